The number of carbonyl (C=O) groups excluding carboxylic acids is 2. The molecule has 0 unspecified atom stereocenters. The number of hydrogen-bond donors (Lipinski definition) is 2. The smallest absolute Gasteiger partial charge is 0.247 e. The number of benzene rings is 1. The van der Waals surface area contributed by atoms with Crippen LogP contribution in [0.25, 0.3) is 0 Å². The van der Waals surface area contributed by atoms with E-state index in [1.165, 1.54) is 6.92 Å². The first-order chi connectivity index (χ1) is 8.81. The number of anilines is 1. The van der Waals surface area contributed by atoms with Gasteiger partial charge in [-0.1, -0.05) is 31.5 Å². The molecular weight excluding hydrogens is 264 g/mol. The van der Waals surface area contributed by atoms with Crippen molar-refractivity contribution < 1.29 is 9.59 Å². The molecule has 0 spiro atoms. The summed E-state index contributed by atoms with van der Waals surface area (Å²) >= 11 is 6.00. The fourth-order valence-corrected chi connectivity index (χ4v) is 1.83. The molecule has 0 aliphatic rings. The van der Waals surface area contributed by atoms with Crippen LogP contribution in [-0.4, -0.2) is 17.9 Å². The highest BCUT2D eigenvalue weighted by Gasteiger charge is 2.23. The number of nitrogens with one attached hydrogen (secondary N) is 2. The van der Waals surface area contributed by atoms with Gasteiger partial charge in [0.2, 0.25) is 11.8 Å². The fourth-order valence-electron chi connectivity index (χ4n) is 1.64. The van der Waals surface area contributed by atoms with E-state index in [0.717, 1.165) is 5.56 Å². The molecule has 0 aliphatic carbocycles. The van der Waals surface area contributed by atoms with E-state index < -0.39 is 6.04 Å². The van der Waals surface area contributed by atoms with Gasteiger partial charge in [-0.3, -0.25) is 9.59 Å². The first-order valence-electron chi connectivity index (χ1n) is 6.15. The Hall–Kier alpha value is -1.55. The van der Waals surface area contributed by atoms with Crippen LogP contribution in [0.5, 0.6) is 0 Å². The summed E-state index contributed by atoms with van der Waals surface area (Å²) in [5.74, 6) is -0.467. The van der Waals surface area contributed by atoms with Crippen LogP contribution in [0.15, 0.2) is 18.2 Å². The van der Waals surface area contributed by atoms with Crippen LogP contribution in [0.4, 0.5) is 5.69 Å². The number of rotatable bonds is 4. The van der Waals surface area contributed by atoms with E-state index in [9.17, 15) is 9.59 Å². The molecule has 0 saturated heterocycles. The van der Waals surface area contributed by atoms with Crippen molar-refractivity contribution in [1.29, 1.82) is 0 Å². The molecule has 2 amide bonds. The highest BCUT2D eigenvalue weighted by molar-refractivity contribution is 6.31. The second-order valence-electron chi connectivity index (χ2n) is 4.88. The van der Waals surface area contributed by atoms with Gasteiger partial charge >= 0.3 is 0 Å². The maximum atomic E-state index is 12.1. The standard InChI is InChI=1S/C14H19ClN2O2/c1-8(2)13(16-10(4)18)14(19)17-11-6-5-9(3)12(15)7-11/h5-8,13H,1-4H3,(H,16,18)(H,17,19)/t13-/m0/s1. The molecule has 0 fully saturated rings. The molecule has 104 valence electrons. The average Bonchev–Trinajstić information content (AvgIpc) is 2.30. The lowest BCUT2D eigenvalue weighted by Crippen LogP contribution is -2.46. The Morgan fingerprint density at radius 2 is 1.89 bits per heavy atom. The molecule has 0 bridgehead atoms. The molecule has 5 heteroatoms. The molecule has 0 saturated carbocycles. The summed E-state index contributed by atoms with van der Waals surface area (Å²) in [5, 5.41) is 6.00. The van der Waals surface area contributed by atoms with Gasteiger partial charge in [0.15, 0.2) is 0 Å². The number of hydrogen-bond acceptors (Lipinski definition) is 2. The van der Waals surface area contributed by atoms with E-state index in [0.29, 0.717) is 10.7 Å². The number of aryl methyl sites for hydroxylation is 1. The topological polar surface area (TPSA) is 58.2 Å². The van der Waals surface area contributed by atoms with Crippen molar-refractivity contribution in [2.24, 2.45) is 5.92 Å². The predicted molar refractivity (Wildman–Crippen MR) is 77.3 cm³/mol. The van der Waals surface area contributed by atoms with Crippen molar-refractivity contribution in [2.75, 3.05) is 5.32 Å². The molecule has 1 atom stereocenters. The summed E-state index contributed by atoms with van der Waals surface area (Å²) in [5.41, 5.74) is 1.57. The van der Waals surface area contributed by atoms with Crippen LogP contribution in [0, 0.1) is 12.8 Å². The molecule has 1 aromatic rings. The monoisotopic (exact) mass is 282 g/mol. The SMILES string of the molecule is CC(=O)N[C@H](C(=O)Nc1ccc(C)c(Cl)c1)C(C)C. The minimum absolute atomic E-state index is 0.00446. The lowest BCUT2D eigenvalue weighted by molar-refractivity contribution is -0.126. The van der Waals surface area contributed by atoms with E-state index >= 15 is 0 Å². The number of carbonyl (C=O) groups is 2. The Labute approximate surface area is 118 Å². The predicted octanol–water partition coefficient (Wildman–Crippen LogP) is 2.75. The molecule has 0 aliphatic heterocycles. The molecule has 19 heavy (non-hydrogen) atoms. The van der Waals surface area contributed by atoms with Crippen LogP contribution >= 0.6 is 11.6 Å². The van der Waals surface area contributed by atoms with E-state index in [-0.39, 0.29) is 17.7 Å². The highest BCUT2D eigenvalue weighted by Crippen LogP contribution is 2.20. The number of amides is 2. The fraction of sp³-hybridized carbons (Fsp3) is 0.429. The Bertz CT molecular complexity index is 486. The van der Waals surface area contributed by atoms with Crippen LogP contribution in [-0.2, 0) is 9.59 Å². The van der Waals surface area contributed by atoms with Gasteiger partial charge in [0.1, 0.15) is 6.04 Å². The maximum Gasteiger partial charge on any atom is 0.247 e. The number of halogens is 1. The molecule has 0 radical (unpaired) electrons. The van der Waals surface area contributed by atoms with Gasteiger partial charge in [-0.05, 0) is 30.5 Å². The van der Waals surface area contributed by atoms with Crippen molar-refractivity contribution in [3.05, 3.63) is 28.8 Å². The minimum Gasteiger partial charge on any atom is -0.344 e. The Morgan fingerprint density at radius 3 is 2.37 bits per heavy atom. The molecule has 2 N–H and O–H groups in total. The largest absolute Gasteiger partial charge is 0.344 e. The third kappa shape index (κ3) is 4.56. The summed E-state index contributed by atoms with van der Waals surface area (Å²) < 4.78 is 0. The van der Waals surface area contributed by atoms with E-state index in [2.05, 4.69) is 10.6 Å². The summed E-state index contributed by atoms with van der Waals surface area (Å²) in [4.78, 5) is 23.2. The van der Waals surface area contributed by atoms with Crippen molar-refractivity contribution in [1.82, 2.24) is 5.32 Å². The van der Waals surface area contributed by atoms with Gasteiger partial charge in [0.25, 0.3) is 0 Å². The third-order valence-electron chi connectivity index (χ3n) is 2.75. The van der Waals surface area contributed by atoms with Crippen LogP contribution in [0.2, 0.25) is 5.02 Å². The zero-order valence-electron chi connectivity index (χ0n) is 11.6. The van der Waals surface area contributed by atoms with Crippen molar-refractivity contribution in [3.63, 3.8) is 0 Å². The van der Waals surface area contributed by atoms with Crippen LogP contribution < -0.4 is 10.6 Å². The lowest BCUT2D eigenvalue weighted by atomic mass is 10.0. The maximum absolute atomic E-state index is 12.1. The highest BCUT2D eigenvalue weighted by atomic mass is 35.5. The summed E-state index contributed by atoms with van der Waals surface area (Å²) in [6.45, 7) is 7.04. The quantitative estimate of drug-likeness (QED) is 0.892. The second-order valence-corrected chi connectivity index (χ2v) is 5.28. The van der Waals surface area contributed by atoms with Gasteiger partial charge in [-0.2, -0.15) is 0 Å². The summed E-state index contributed by atoms with van der Waals surface area (Å²) in [6.07, 6.45) is 0. The normalized spacial score (nSPS) is 12.1. The molecule has 4 nitrogen and oxygen atoms in total. The Kier molecular flexibility index (Phi) is 5.36. The summed E-state index contributed by atoms with van der Waals surface area (Å²) in [6, 6.07) is 4.75. The van der Waals surface area contributed by atoms with Gasteiger partial charge in [-0.25, -0.2) is 0 Å². The molecule has 1 aromatic carbocycles. The van der Waals surface area contributed by atoms with Crippen LogP contribution in [0.3, 0.4) is 0 Å². The van der Waals surface area contributed by atoms with Gasteiger partial charge in [-0.15, -0.1) is 0 Å². The molecular formula is C14H19ClN2O2. The molecule has 0 heterocycles. The third-order valence-corrected chi connectivity index (χ3v) is 3.15. The molecule has 0 aromatic heterocycles. The zero-order chi connectivity index (χ0) is 14.6. The van der Waals surface area contributed by atoms with E-state index in [4.69, 9.17) is 11.6 Å². The van der Waals surface area contributed by atoms with Gasteiger partial charge in [0, 0.05) is 17.6 Å². The van der Waals surface area contributed by atoms with E-state index in [1.807, 2.05) is 26.8 Å². The first-order valence-corrected chi connectivity index (χ1v) is 6.53. The first kappa shape index (κ1) is 15.5. The lowest BCUT2D eigenvalue weighted by Gasteiger charge is -2.21. The second kappa shape index (κ2) is 6.57. The minimum atomic E-state index is -0.558. The van der Waals surface area contributed by atoms with Crippen molar-refractivity contribution in [3.8, 4) is 0 Å². The average molecular weight is 283 g/mol. The Balaban J connectivity index is 2.81. The van der Waals surface area contributed by atoms with Gasteiger partial charge < -0.3 is 10.6 Å². The van der Waals surface area contributed by atoms with Crippen LogP contribution in [0.1, 0.15) is 26.3 Å². The summed E-state index contributed by atoms with van der Waals surface area (Å²) in [7, 11) is 0. The van der Waals surface area contributed by atoms with E-state index in [1.54, 1.807) is 12.1 Å². The molecule has 1 rings (SSSR count). The van der Waals surface area contributed by atoms with Crippen molar-refractivity contribution in [2.45, 2.75) is 33.7 Å². The zero-order valence-corrected chi connectivity index (χ0v) is 12.3. The van der Waals surface area contributed by atoms with Gasteiger partial charge in [0.05, 0.1) is 0 Å². The van der Waals surface area contributed by atoms with Crippen molar-refractivity contribution >= 4 is 29.1 Å². The Morgan fingerprint density at radius 1 is 1.26 bits per heavy atom.